The number of halogens is 3. The lowest BCUT2D eigenvalue weighted by atomic mass is 9.97. The molecule has 0 saturated heterocycles. The van der Waals surface area contributed by atoms with E-state index in [2.05, 4.69) is 15.5 Å². The molecule has 0 radical (unpaired) electrons. The van der Waals surface area contributed by atoms with Crippen molar-refractivity contribution in [2.75, 3.05) is 5.32 Å². The van der Waals surface area contributed by atoms with Crippen LogP contribution < -0.4 is 5.32 Å². The molecule has 2 amide bonds. The maximum absolute atomic E-state index is 14.2. The van der Waals surface area contributed by atoms with Crippen molar-refractivity contribution in [2.24, 2.45) is 0 Å². The Bertz CT molecular complexity index is 1060. The Balaban J connectivity index is 1.62. The number of amides is 2. The maximum atomic E-state index is 14.2. The highest BCUT2D eigenvalue weighted by molar-refractivity contribution is 6.29. The predicted octanol–water partition coefficient (Wildman–Crippen LogP) is 4.65. The van der Waals surface area contributed by atoms with Crippen LogP contribution in [0, 0.1) is 11.6 Å². The normalized spacial score (nSPS) is 16.0. The standard InChI is InChI=1S/C19H15ClF2N4O2/c1-10-6-16-14(18(28-25-16)13-3-2-11(21)7-15(13)22)9-26(10)19(27)24-12-4-5-23-17(20)8-12/h2-5,7-8,10H,6,9H2,1H3,(H,23,24,27)/t10-/m0/s1. The minimum atomic E-state index is -0.750. The van der Waals surface area contributed by atoms with E-state index in [1.165, 1.54) is 18.3 Å². The van der Waals surface area contributed by atoms with Crippen LogP contribution >= 0.6 is 11.6 Å². The molecular weight excluding hydrogens is 390 g/mol. The summed E-state index contributed by atoms with van der Waals surface area (Å²) >= 11 is 5.85. The minimum absolute atomic E-state index is 0.103. The first kappa shape index (κ1) is 18.4. The van der Waals surface area contributed by atoms with Crippen LogP contribution in [0.15, 0.2) is 41.1 Å². The Morgan fingerprint density at radius 3 is 2.89 bits per heavy atom. The third-order valence-corrected chi connectivity index (χ3v) is 4.84. The fourth-order valence-electron chi connectivity index (χ4n) is 3.21. The van der Waals surface area contributed by atoms with Crippen LogP contribution in [-0.4, -0.2) is 27.1 Å². The van der Waals surface area contributed by atoms with E-state index < -0.39 is 11.6 Å². The van der Waals surface area contributed by atoms with Crippen LogP contribution in [0.2, 0.25) is 5.15 Å². The number of nitrogens with one attached hydrogen (secondary N) is 1. The molecule has 2 aromatic heterocycles. The second-order valence-corrected chi connectivity index (χ2v) is 6.93. The molecule has 0 bridgehead atoms. The van der Waals surface area contributed by atoms with Crippen molar-refractivity contribution < 1.29 is 18.1 Å². The van der Waals surface area contributed by atoms with E-state index in [0.717, 1.165) is 12.1 Å². The molecule has 28 heavy (non-hydrogen) atoms. The molecule has 0 unspecified atom stereocenters. The van der Waals surface area contributed by atoms with Gasteiger partial charge in [0.2, 0.25) is 0 Å². The van der Waals surface area contributed by atoms with Crippen LogP contribution in [0.4, 0.5) is 19.3 Å². The highest BCUT2D eigenvalue weighted by Crippen LogP contribution is 2.34. The van der Waals surface area contributed by atoms with Gasteiger partial charge in [-0.05, 0) is 31.2 Å². The molecule has 0 saturated carbocycles. The first-order valence-electron chi connectivity index (χ1n) is 8.54. The Kier molecular flexibility index (Phi) is 4.72. The number of nitrogens with zero attached hydrogens (tertiary/aromatic N) is 3. The smallest absolute Gasteiger partial charge is 0.322 e. The van der Waals surface area contributed by atoms with Gasteiger partial charge in [-0.25, -0.2) is 18.6 Å². The van der Waals surface area contributed by atoms with Crippen molar-refractivity contribution in [3.8, 4) is 11.3 Å². The highest BCUT2D eigenvalue weighted by Gasteiger charge is 2.33. The number of carbonyl (C=O) groups excluding carboxylic acids is 1. The number of urea groups is 1. The van der Waals surface area contributed by atoms with Crippen molar-refractivity contribution in [1.82, 2.24) is 15.0 Å². The Morgan fingerprint density at radius 1 is 1.32 bits per heavy atom. The van der Waals surface area contributed by atoms with E-state index >= 15 is 0 Å². The third kappa shape index (κ3) is 3.43. The number of hydrogen-bond donors (Lipinski definition) is 1. The molecule has 0 fully saturated rings. The molecule has 9 heteroatoms. The lowest BCUT2D eigenvalue weighted by molar-refractivity contribution is 0.182. The topological polar surface area (TPSA) is 71.3 Å². The molecule has 0 spiro atoms. The molecule has 1 N–H and O–H groups in total. The van der Waals surface area contributed by atoms with Gasteiger partial charge in [-0.15, -0.1) is 0 Å². The zero-order chi connectivity index (χ0) is 19.8. The first-order chi connectivity index (χ1) is 13.4. The summed E-state index contributed by atoms with van der Waals surface area (Å²) in [6.45, 7) is 2.06. The summed E-state index contributed by atoms with van der Waals surface area (Å²) in [5.41, 5.74) is 1.87. The molecule has 1 atom stereocenters. The zero-order valence-electron chi connectivity index (χ0n) is 14.7. The number of fused-ring (bicyclic) bond motifs is 1. The summed E-state index contributed by atoms with van der Waals surface area (Å²) in [4.78, 5) is 18.2. The van der Waals surface area contributed by atoms with Gasteiger partial charge in [0.05, 0.1) is 17.8 Å². The number of carbonyl (C=O) groups is 1. The largest absolute Gasteiger partial charge is 0.356 e. The lowest BCUT2D eigenvalue weighted by Gasteiger charge is -2.32. The second-order valence-electron chi connectivity index (χ2n) is 6.54. The van der Waals surface area contributed by atoms with E-state index in [1.54, 1.807) is 11.0 Å². The van der Waals surface area contributed by atoms with Crippen LogP contribution in [-0.2, 0) is 13.0 Å². The van der Waals surface area contributed by atoms with E-state index in [0.29, 0.717) is 23.4 Å². The SMILES string of the molecule is C[C@H]1Cc2noc(-c3ccc(F)cc3F)c2CN1C(=O)Nc1ccnc(Cl)c1. The van der Waals surface area contributed by atoms with Crippen LogP contribution in [0.5, 0.6) is 0 Å². The summed E-state index contributed by atoms with van der Waals surface area (Å²) < 4.78 is 32.8. The van der Waals surface area contributed by atoms with Gasteiger partial charge < -0.3 is 14.7 Å². The maximum Gasteiger partial charge on any atom is 0.322 e. The van der Waals surface area contributed by atoms with E-state index in [9.17, 15) is 13.6 Å². The molecule has 4 rings (SSSR count). The number of anilines is 1. The molecule has 6 nitrogen and oxygen atoms in total. The summed E-state index contributed by atoms with van der Waals surface area (Å²) in [7, 11) is 0. The number of benzene rings is 1. The minimum Gasteiger partial charge on any atom is -0.356 e. The van der Waals surface area contributed by atoms with Gasteiger partial charge in [0.1, 0.15) is 16.8 Å². The van der Waals surface area contributed by atoms with E-state index in [-0.39, 0.29) is 35.1 Å². The van der Waals surface area contributed by atoms with Gasteiger partial charge in [0, 0.05) is 36.0 Å². The fourth-order valence-corrected chi connectivity index (χ4v) is 3.39. The zero-order valence-corrected chi connectivity index (χ0v) is 15.5. The molecular formula is C19H15ClF2N4O2. The molecule has 0 aliphatic carbocycles. The summed E-state index contributed by atoms with van der Waals surface area (Å²) in [5.74, 6) is -1.23. The molecule has 144 valence electrons. The molecule has 1 aliphatic rings. The highest BCUT2D eigenvalue weighted by atomic mass is 35.5. The lowest BCUT2D eigenvalue weighted by Crippen LogP contribution is -2.44. The first-order valence-corrected chi connectivity index (χ1v) is 8.92. The Labute approximate surface area is 164 Å². The van der Waals surface area contributed by atoms with Gasteiger partial charge in [0.25, 0.3) is 0 Å². The third-order valence-electron chi connectivity index (χ3n) is 4.63. The van der Waals surface area contributed by atoms with Crippen molar-refractivity contribution in [2.45, 2.75) is 25.9 Å². The molecule has 1 aliphatic heterocycles. The van der Waals surface area contributed by atoms with Crippen LogP contribution in [0.25, 0.3) is 11.3 Å². The van der Waals surface area contributed by atoms with E-state index in [1.807, 2.05) is 6.92 Å². The average molecular weight is 405 g/mol. The van der Waals surface area contributed by atoms with Gasteiger partial charge in [-0.1, -0.05) is 16.8 Å². The molecule has 1 aromatic carbocycles. The van der Waals surface area contributed by atoms with Crippen LogP contribution in [0.1, 0.15) is 18.2 Å². The van der Waals surface area contributed by atoms with Gasteiger partial charge in [0.15, 0.2) is 5.76 Å². The number of hydrogen-bond acceptors (Lipinski definition) is 4. The average Bonchev–Trinajstić information content (AvgIpc) is 3.03. The van der Waals surface area contributed by atoms with Crippen molar-refractivity contribution >= 4 is 23.3 Å². The fraction of sp³-hybridized carbons (Fsp3) is 0.211. The molecule has 3 aromatic rings. The second kappa shape index (κ2) is 7.20. The van der Waals surface area contributed by atoms with Crippen molar-refractivity contribution in [3.63, 3.8) is 0 Å². The number of aromatic nitrogens is 2. The van der Waals surface area contributed by atoms with Gasteiger partial charge in [-0.3, -0.25) is 0 Å². The van der Waals surface area contributed by atoms with Crippen molar-refractivity contribution in [3.05, 3.63) is 64.6 Å². The summed E-state index contributed by atoms with van der Waals surface area (Å²) in [6.07, 6.45) is 1.94. The quantitative estimate of drug-likeness (QED) is 0.631. The Hall–Kier alpha value is -3.00. The van der Waals surface area contributed by atoms with Crippen molar-refractivity contribution in [1.29, 1.82) is 0 Å². The van der Waals surface area contributed by atoms with Gasteiger partial charge >= 0.3 is 6.03 Å². The molecule has 3 heterocycles. The summed E-state index contributed by atoms with van der Waals surface area (Å²) in [5, 5.41) is 7.05. The summed E-state index contributed by atoms with van der Waals surface area (Å²) in [6, 6.07) is 5.91. The van der Waals surface area contributed by atoms with Crippen LogP contribution in [0.3, 0.4) is 0 Å². The number of rotatable bonds is 2. The van der Waals surface area contributed by atoms with Gasteiger partial charge in [-0.2, -0.15) is 0 Å². The monoisotopic (exact) mass is 404 g/mol. The Morgan fingerprint density at radius 2 is 2.14 bits per heavy atom. The predicted molar refractivity (Wildman–Crippen MR) is 98.8 cm³/mol. The van der Waals surface area contributed by atoms with E-state index in [4.69, 9.17) is 16.1 Å². The number of pyridine rings is 1.